The van der Waals surface area contributed by atoms with Gasteiger partial charge in [0.2, 0.25) is 0 Å². The molecule has 2 bridgehead atoms. The SMILES string of the molecule is CC1CC(c2ccc(-c3ccn4nc5c(c4c3)C3CC5NC(=O)c4cccc(OC(F)F)c43)cn2)C1. The number of halogens is 2. The van der Waals surface area contributed by atoms with Crippen LogP contribution in [0.15, 0.2) is 54.9 Å². The van der Waals surface area contributed by atoms with Crippen LogP contribution in [0.4, 0.5) is 8.78 Å². The molecule has 2 atom stereocenters. The monoisotopic (exact) mass is 486 g/mol. The molecule has 0 spiro atoms. The molecule has 2 aliphatic carbocycles. The zero-order chi connectivity index (χ0) is 24.6. The van der Waals surface area contributed by atoms with Crippen LogP contribution in [-0.4, -0.2) is 27.1 Å². The molecule has 1 aliphatic heterocycles. The topological polar surface area (TPSA) is 68.5 Å². The van der Waals surface area contributed by atoms with Gasteiger partial charge in [0.15, 0.2) is 0 Å². The average molecular weight is 487 g/mol. The lowest BCUT2D eigenvalue weighted by molar-refractivity contribution is -0.0505. The van der Waals surface area contributed by atoms with E-state index >= 15 is 0 Å². The Labute approximate surface area is 206 Å². The maximum Gasteiger partial charge on any atom is 0.387 e. The molecule has 36 heavy (non-hydrogen) atoms. The summed E-state index contributed by atoms with van der Waals surface area (Å²) in [5.41, 5.74) is 6.64. The second kappa shape index (κ2) is 7.85. The summed E-state index contributed by atoms with van der Waals surface area (Å²) in [6.07, 6.45) is 6.77. The number of hydrogen-bond acceptors (Lipinski definition) is 4. The molecule has 4 heterocycles. The number of alkyl halides is 2. The highest BCUT2D eigenvalue weighted by Crippen LogP contribution is 2.51. The van der Waals surface area contributed by atoms with Gasteiger partial charge >= 0.3 is 6.61 Å². The highest BCUT2D eigenvalue weighted by molar-refractivity contribution is 5.98. The summed E-state index contributed by atoms with van der Waals surface area (Å²) in [7, 11) is 0. The van der Waals surface area contributed by atoms with Crippen LogP contribution < -0.4 is 10.1 Å². The Morgan fingerprint density at radius 2 is 1.94 bits per heavy atom. The van der Waals surface area contributed by atoms with E-state index in [0.717, 1.165) is 39.5 Å². The van der Waals surface area contributed by atoms with Crippen LogP contribution in [0.3, 0.4) is 0 Å². The zero-order valence-corrected chi connectivity index (χ0v) is 19.6. The lowest BCUT2D eigenvalue weighted by atomic mass is 9.74. The standard InChI is InChI=1S/C28H24F2N4O2/c1-14-9-17(10-14)20-6-5-16(13-31-20)15-7-8-34-22(11-15)25-19-12-21(26(25)33-34)32-27(35)18-3-2-4-23(24(18)19)36-28(29)30/h2-8,11,13-14,17,19,21,28H,9-10,12H2,1H3,(H,32,35). The second-order valence-corrected chi connectivity index (χ2v) is 10.2. The molecular formula is C28H24F2N4O2. The van der Waals surface area contributed by atoms with Crippen molar-refractivity contribution in [2.24, 2.45) is 5.92 Å². The molecule has 182 valence electrons. The van der Waals surface area contributed by atoms with Crippen LogP contribution in [0.5, 0.6) is 5.75 Å². The van der Waals surface area contributed by atoms with E-state index < -0.39 is 6.61 Å². The molecule has 1 amide bonds. The van der Waals surface area contributed by atoms with E-state index in [4.69, 9.17) is 14.8 Å². The number of nitrogens with one attached hydrogen (secondary N) is 1. The zero-order valence-electron chi connectivity index (χ0n) is 19.6. The molecule has 8 heteroatoms. The number of nitrogens with zero attached hydrogens (tertiary/aromatic N) is 3. The predicted molar refractivity (Wildman–Crippen MR) is 129 cm³/mol. The van der Waals surface area contributed by atoms with E-state index in [9.17, 15) is 13.6 Å². The molecule has 6 nitrogen and oxygen atoms in total. The van der Waals surface area contributed by atoms with Crippen LogP contribution in [0.25, 0.3) is 16.6 Å². The van der Waals surface area contributed by atoms with Crippen LogP contribution in [0.1, 0.15) is 76.9 Å². The van der Waals surface area contributed by atoms with Crippen molar-refractivity contribution in [3.8, 4) is 16.9 Å². The van der Waals surface area contributed by atoms with Crippen LogP contribution in [-0.2, 0) is 0 Å². The summed E-state index contributed by atoms with van der Waals surface area (Å²) in [5, 5.41) is 7.80. The third kappa shape index (κ3) is 3.23. The Balaban J connectivity index is 1.33. The van der Waals surface area contributed by atoms with Gasteiger partial charge in [-0.05, 0) is 61.1 Å². The number of carbonyl (C=O) groups is 1. The Morgan fingerprint density at radius 1 is 1.08 bits per heavy atom. The van der Waals surface area contributed by atoms with Gasteiger partial charge in [0.05, 0.1) is 17.3 Å². The van der Waals surface area contributed by atoms with E-state index in [1.807, 2.05) is 18.5 Å². The maximum atomic E-state index is 13.2. The van der Waals surface area contributed by atoms with E-state index in [2.05, 4.69) is 30.4 Å². The molecule has 2 unspecified atom stereocenters. The third-order valence-corrected chi connectivity index (χ3v) is 7.94. The van der Waals surface area contributed by atoms with Crippen molar-refractivity contribution in [1.29, 1.82) is 0 Å². The molecule has 4 aromatic rings. The number of fused-ring (bicyclic) bond motifs is 9. The average Bonchev–Trinajstić information content (AvgIpc) is 3.34. The van der Waals surface area contributed by atoms with Crippen molar-refractivity contribution in [1.82, 2.24) is 19.9 Å². The van der Waals surface area contributed by atoms with Gasteiger partial charge in [-0.1, -0.05) is 19.1 Å². The summed E-state index contributed by atoms with van der Waals surface area (Å²) >= 11 is 0. The molecule has 3 aromatic heterocycles. The lowest BCUT2D eigenvalue weighted by Crippen LogP contribution is -2.27. The summed E-state index contributed by atoms with van der Waals surface area (Å²) in [6.45, 7) is -0.707. The van der Waals surface area contributed by atoms with E-state index in [1.165, 1.54) is 18.9 Å². The first-order valence-corrected chi connectivity index (χ1v) is 12.3. The smallest absolute Gasteiger partial charge is 0.387 e. The Kier molecular flexibility index (Phi) is 4.68. The number of carbonyl (C=O) groups excluding carboxylic acids is 1. The quantitative estimate of drug-likeness (QED) is 0.394. The predicted octanol–water partition coefficient (Wildman–Crippen LogP) is 5.83. The van der Waals surface area contributed by atoms with Gasteiger partial charge in [-0.3, -0.25) is 9.78 Å². The maximum absolute atomic E-state index is 13.2. The molecule has 0 saturated heterocycles. The van der Waals surface area contributed by atoms with Crippen molar-refractivity contribution in [3.63, 3.8) is 0 Å². The molecule has 1 saturated carbocycles. The van der Waals surface area contributed by atoms with Crippen molar-refractivity contribution >= 4 is 11.4 Å². The van der Waals surface area contributed by atoms with Gasteiger partial charge < -0.3 is 10.1 Å². The van der Waals surface area contributed by atoms with Gasteiger partial charge in [0.25, 0.3) is 5.91 Å². The number of rotatable bonds is 4. The number of ether oxygens (including phenoxy) is 1. The summed E-state index contributed by atoms with van der Waals surface area (Å²) < 4.78 is 33.1. The van der Waals surface area contributed by atoms with Gasteiger partial charge in [-0.2, -0.15) is 13.9 Å². The van der Waals surface area contributed by atoms with Gasteiger partial charge in [-0.15, -0.1) is 0 Å². The molecule has 1 N–H and O–H groups in total. The van der Waals surface area contributed by atoms with Crippen molar-refractivity contribution < 1.29 is 18.3 Å². The fourth-order valence-corrected chi connectivity index (χ4v) is 6.23. The Hall–Kier alpha value is -3.81. The van der Waals surface area contributed by atoms with Crippen molar-refractivity contribution in [3.05, 3.63) is 82.9 Å². The van der Waals surface area contributed by atoms with Crippen LogP contribution in [0.2, 0.25) is 0 Å². The molecule has 1 fully saturated rings. The number of benzene rings is 1. The van der Waals surface area contributed by atoms with Gasteiger partial charge in [-0.25, -0.2) is 4.52 Å². The summed E-state index contributed by atoms with van der Waals surface area (Å²) in [5.74, 6) is 0.776. The molecular weight excluding hydrogens is 462 g/mol. The summed E-state index contributed by atoms with van der Waals surface area (Å²) in [4.78, 5) is 17.7. The third-order valence-electron chi connectivity index (χ3n) is 7.94. The number of hydrogen-bond donors (Lipinski definition) is 1. The lowest BCUT2D eigenvalue weighted by Gasteiger charge is -2.32. The second-order valence-electron chi connectivity index (χ2n) is 10.2. The van der Waals surface area contributed by atoms with Crippen LogP contribution in [0, 0.1) is 5.92 Å². The molecule has 3 aliphatic rings. The first-order valence-electron chi connectivity index (χ1n) is 12.3. The minimum Gasteiger partial charge on any atom is -0.434 e. The molecule has 1 aromatic carbocycles. The fourth-order valence-electron chi connectivity index (χ4n) is 6.23. The van der Waals surface area contributed by atoms with E-state index in [1.54, 1.807) is 16.6 Å². The summed E-state index contributed by atoms with van der Waals surface area (Å²) in [6, 6.07) is 12.8. The highest BCUT2D eigenvalue weighted by atomic mass is 19.3. The Morgan fingerprint density at radius 3 is 2.69 bits per heavy atom. The fraction of sp³-hybridized carbons (Fsp3) is 0.321. The number of amides is 1. The van der Waals surface area contributed by atoms with Crippen molar-refractivity contribution in [2.45, 2.75) is 50.7 Å². The van der Waals surface area contributed by atoms with Crippen molar-refractivity contribution in [2.75, 3.05) is 0 Å². The Bertz CT molecular complexity index is 1510. The molecule has 7 rings (SSSR count). The largest absolute Gasteiger partial charge is 0.434 e. The first kappa shape index (κ1) is 21.5. The number of pyridine rings is 2. The minimum absolute atomic E-state index is 0.0387. The van der Waals surface area contributed by atoms with Crippen LogP contribution >= 0.6 is 0 Å². The first-order chi connectivity index (χ1) is 17.5. The normalized spacial score (nSPS) is 24.2. The highest BCUT2D eigenvalue weighted by Gasteiger charge is 2.43. The minimum atomic E-state index is -2.98. The molecule has 0 radical (unpaired) electrons. The van der Waals surface area contributed by atoms with Gasteiger partial charge in [0, 0.05) is 52.2 Å². The number of aromatic nitrogens is 3. The van der Waals surface area contributed by atoms with E-state index in [0.29, 0.717) is 23.5 Å². The van der Waals surface area contributed by atoms with Gasteiger partial charge in [0.1, 0.15) is 5.75 Å². The van der Waals surface area contributed by atoms with E-state index in [-0.39, 0.29) is 23.6 Å².